The Morgan fingerprint density at radius 1 is 1.36 bits per heavy atom. The standard InChI is InChI=1S/C10H15F2NO/c1-3-8(14)13-9(2)4-6-10(11,12)7-5-9/h3H,1,4-7H2,2H3,(H,13,14). The number of carbonyl (C=O) groups excluding carboxylic acids is 1. The van der Waals surface area contributed by atoms with Gasteiger partial charge in [-0.25, -0.2) is 8.78 Å². The van der Waals surface area contributed by atoms with E-state index in [0.717, 1.165) is 6.08 Å². The van der Waals surface area contributed by atoms with Gasteiger partial charge in [0.15, 0.2) is 0 Å². The fourth-order valence-corrected chi connectivity index (χ4v) is 1.64. The van der Waals surface area contributed by atoms with E-state index < -0.39 is 11.5 Å². The highest BCUT2D eigenvalue weighted by atomic mass is 19.3. The molecule has 1 aliphatic rings. The molecule has 1 N–H and O–H groups in total. The summed E-state index contributed by atoms with van der Waals surface area (Å²) >= 11 is 0. The lowest BCUT2D eigenvalue weighted by atomic mass is 9.81. The molecule has 1 aliphatic carbocycles. The summed E-state index contributed by atoms with van der Waals surface area (Å²) in [5, 5.41) is 2.69. The van der Waals surface area contributed by atoms with Gasteiger partial charge in [0, 0.05) is 18.4 Å². The van der Waals surface area contributed by atoms with Crippen LogP contribution in [0.2, 0.25) is 0 Å². The topological polar surface area (TPSA) is 29.1 Å². The van der Waals surface area contributed by atoms with Gasteiger partial charge >= 0.3 is 0 Å². The van der Waals surface area contributed by atoms with Crippen molar-refractivity contribution < 1.29 is 13.6 Å². The Hall–Kier alpha value is -0.930. The highest BCUT2D eigenvalue weighted by Gasteiger charge is 2.41. The molecule has 0 heterocycles. The van der Waals surface area contributed by atoms with Gasteiger partial charge in [-0.3, -0.25) is 4.79 Å². The van der Waals surface area contributed by atoms with E-state index in [1.165, 1.54) is 0 Å². The number of hydrogen-bond acceptors (Lipinski definition) is 1. The lowest BCUT2D eigenvalue weighted by Gasteiger charge is -2.37. The normalized spacial score (nSPS) is 23.9. The number of halogens is 2. The maximum absolute atomic E-state index is 12.8. The summed E-state index contributed by atoms with van der Waals surface area (Å²) in [6.45, 7) is 5.12. The molecule has 2 nitrogen and oxygen atoms in total. The molecule has 0 radical (unpaired) electrons. The molecule has 1 saturated carbocycles. The van der Waals surface area contributed by atoms with Crippen LogP contribution in [0.5, 0.6) is 0 Å². The summed E-state index contributed by atoms with van der Waals surface area (Å²) < 4.78 is 25.7. The zero-order valence-corrected chi connectivity index (χ0v) is 8.28. The average Bonchev–Trinajstić information content (AvgIpc) is 2.11. The van der Waals surface area contributed by atoms with Gasteiger partial charge in [-0.05, 0) is 25.8 Å². The summed E-state index contributed by atoms with van der Waals surface area (Å²) in [6, 6.07) is 0. The molecule has 0 aromatic carbocycles. The molecule has 0 bridgehead atoms. The number of carbonyl (C=O) groups is 1. The van der Waals surface area contributed by atoms with Gasteiger partial charge in [-0.1, -0.05) is 6.58 Å². The van der Waals surface area contributed by atoms with E-state index in [-0.39, 0.29) is 18.7 Å². The van der Waals surface area contributed by atoms with Crippen molar-refractivity contribution >= 4 is 5.91 Å². The van der Waals surface area contributed by atoms with Crippen LogP contribution in [0.4, 0.5) is 8.78 Å². The zero-order valence-electron chi connectivity index (χ0n) is 8.28. The second-order valence-electron chi connectivity index (χ2n) is 4.11. The predicted molar refractivity (Wildman–Crippen MR) is 50.2 cm³/mol. The molecule has 0 saturated heterocycles. The Labute approximate surface area is 82.4 Å². The van der Waals surface area contributed by atoms with E-state index in [1.807, 2.05) is 0 Å². The molecule has 14 heavy (non-hydrogen) atoms. The Morgan fingerprint density at radius 3 is 2.29 bits per heavy atom. The fourth-order valence-electron chi connectivity index (χ4n) is 1.64. The average molecular weight is 203 g/mol. The Kier molecular flexibility index (Phi) is 2.92. The highest BCUT2D eigenvalue weighted by molar-refractivity contribution is 5.87. The smallest absolute Gasteiger partial charge is 0.248 e. The van der Waals surface area contributed by atoms with E-state index >= 15 is 0 Å². The molecule has 1 rings (SSSR count). The maximum atomic E-state index is 12.8. The predicted octanol–water partition coefficient (Wildman–Crippen LogP) is 2.26. The number of alkyl halides is 2. The molecule has 1 fully saturated rings. The highest BCUT2D eigenvalue weighted by Crippen LogP contribution is 2.38. The minimum absolute atomic E-state index is 0.152. The van der Waals surface area contributed by atoms with Crippen LogP contribution in [0, 0.1) is 0 Å². The summed E-state index contributed by atoms with van der Waals surface area (Å²) in [7, 11) is 0. The van der Waals surface area contributed by atoms with Gasteiger partial charge < -0.3 is 5.32 Å². The van der Waals surface area contributed by atoms with Crippen molar-refractivity contribution in [1.29, 1.82) is 0 Å². The van der Waals surface area contributed by atoms with Gasteiger partial charge in [-0.2, -0.15) is 0 Å². The van der Waals surface area contributed by atoms with Crippen molar-refractivity contribution in [3.8, 4) is 0 Å². The van der Waals surface area contributed by atoms with E-state index in [2.05, 4.69) is 11.9 Å². The van der Waals surface area contributed by atoms with Crippen molar-refractivity contribution in [2.75, 3.05) is 0 Å². The minimum atomic E-state index is -2.56. The molecular weight excluding hydrogens is 188 g/mol. The fraction of sp³-hybridized carbons (Fsp3) is 0.700. The zero-order chi connectivity index (χ0) is 10.8. The lowest BCUT2D eigenvalue weighted by Crippen LogP contribution is -2.49. The summed E-state index contributed by atoms with van der Waals surface area (Å²) in [4.78, 5) is 11.0. The number of hydrogen-bond donors (Lipinski definition) is 1. The molecular formula is C10H15F2NO. The third-order valence-electron chi connectivity index (χ3n) is 2.70. The van der Waals surface area contributed by atoms with Gasteiger partial charge in [0.1, 0.15) is 0 Å². The summed E-state index contributed by atoms with van der Waals surface area (Å²) in [5.74, 6) is -2.85. The van der Waals surface area contributed by atoms with Gasteiger partial charge in [0.2, 0.25) is 11.8 Å². The molecule has 0 unspecified atom stereocenters. The Morgan fingerprint density at radius 2 is 1.86 bits per heavy atom. The molecule has 80 valence electrons. The van der Waals surface area contributed by atoms with Crippen molar-refractivity contribution in [3.63, 3.8) is 0 Å². The van der Waals surface area contributed by atoms with Crippen LogP contribution in [0.25, 0.3) is 0 Å². The molecule has 0 aliphatic heterocycles. The monoisotopic (exact) mass is 203 g/mol. The van der Waals surface area contributed by atoms with Crippen LogP contribution in [0.1, 0.15) is 32.6 Å². The Balaban J connectivity index is 2.53. The van der Waals surface area contributed by atoms with Gasteiger partial charge in [0.05, 0.1) is 0 Å². The van der Waals surface area contributed by atoms with Crippen LogP contribution in [-0.2, 0) is 4.79 Å². The largest absolute Gasteiger partial charge is 0.347 e. The third kappa shape index (κ3) is 2.79. The first kappa shape index (κ1) is 11.1. The third-order valence-corrected chi connectivity index (χ3v) is 2.70. The number of rotatable bonds is 2. The first-order valence-electron chi connectivity index (χ1n) is 4.69. The van der Waals surface area contributed by atoms with Crippen molar-refractivity contribution in [2.24, 2.45) is 0 Å². The second kappa shape index (κ2) is 3.67. The molecule has 0 aromatic heterocycles. The molecule has 4 heteroatoms. The number of nitrogens with one attached hydrogen (secondary N) is 1. The van der Waals surface area contributed by atoms with E-state index in [1.54, 1.807) is 6.92 Å². The van der Waals surface area contributed by atoms with Crippen molar-refractivity contribution in [3.05, 3.63) is 12.7 Å². The second-order valence-corrected chi connectivity index (χ2v) is 4.11. The van der Waals surface area contributed by atoms with Crippen LogP contribution in [0.15, 0.2) is 12.7 Å². The van der Waals surface area contributed by atoms with Gasteiger partial charge in [-0.15, -0.1) is 0 Å². The first-order valence-corrected chi connectivity index (χ1v) is 4.69. The van der Waals surface area contributed by atoms with Gasteiger partial charge in [0.25, 0.3) is 0 Å². The molecule has 0 atom stereocenters. The number of amides is 1. The van der Waals surface area contributed by atoms with Crippen LogP contribution >= 0.6 is 0 Å². The Bertz CT molecular complexity index is 241. The summed E-state index contributed by atoms with van der Waals surface area (Å²) in [6.07, 6.45) is 1.50. The van der Waals surface area contributed by atoms with E-state index in [4.69, 9.17) is 0 Å². The van der Waals surface area contributed by atoms with E-state index in [9.17, 15) is 13.6 Å². The summed E-state index contributed by atoms with van der Waals surface area (Å²) in [5.41, 5.74) is -0.493. The van der Waals surface area contributed by atoms with Crippen LogP contribution < -0.4 is 5.32 Å². The maximum Gasteiger partial charge on any atom is 0.248 e. The van der Waals surface area contributed by atoms with Crippen LogP contribution in [-0.4, -0.2) is 17.4 Å². The van der Waals surface area contributed by atoms with Crippen LogP contribution in [0.3, 0.4) is 0 Å². The SMILES string of the molecule is C=CC(=O)NC1(C)CCC(F)(F)CC1. The van der Waals surface area contributed by atoms with E-state index in [0.29, 0.717) is 12.8 Å². The molecule has 0 aromatic rings. The minimum Gasteiger partial charge on any atom is -0.347 e. The lowest BCUT2D eigenvalue weighted by molar-refractivity contribution is -0.120. The molecule has 0 spiro atoms. The first-order chi connectivity index (χ1) is 6.37. The van der Waals surface area contributed by atoms with Crippen molar-refractivity contribution in [1.82, 2.24) is 5.32 Å². The van der Waals surface area contributed by atoms with Crippen molar-refractivity contribution in [2.45, 2.75) is 44.1 Å². The quantitative estimate of drug-likeness (QED) is 0.685. The molecule has 1 amide bonds.